The summed E-state index contributed by atoms with van der Waals surface area (Å²) < 4.78 is 19.6. The van der Waals surface area contributed by atoms with E-state index in [4.69, 9.17) is 14.2 Å². The number of rotatable bonds is 22. The highest BCUT2D eigenvalue weighted by atomic mass is 32.2. The second-order valence-corrected chi connectivity index (χ2v) is 11.2. The number of carbonyl (C=O) groups excluding carboxylic acids is 6. The number of hydrogen-bond donors (Lipinski definition) is 2. The Morgan fingerprint density at radius 1 is 0.682 bits per heavy atom. The first-order valence-electron chi connectivity index (χ1n) is 14.7. The molecule has 0 amide bonds. The van der Waals surface area contributed by atoms with Gasteiger partial charge in [-0.1, -0.05) is 34.3 Å². The van der Waals surface area contributed by atoms with Gasteiger partial charge < -0.3 is 29.6 Å². The van der Waals surface area contributed by atoms with Gasteiger partial charge in [0.25, 0.3) is 0 Å². The van der Waals surface area contributed by atoms with Crippen molar-refractivity contribution in [2.24, 2.45) is 0 Å². The third-order valence-electron chi connectivity index (χ3n) is 5.41. The third kappa shape index (κ3) is 29.6. The Labute approximate surface area is 271 Å². The van der Waals surface area contributed by atoms with Gasteiger partial charge in [0, 0.05) is 55.1 Å². The Morgan fingerprint density at radius 3 is 1.52 bits per heavy atom. The highest BCUT2D eigenvalue weighted by Crippen LogP contribution is 2.12. The van der Waals surface area contributed by atoms with E-state index in [0.717, 1.165) is 17.8 Å². The minimum absolute atomic E-state index is 0.0778. The number of Topliss-reactive ketones (excluding diaryl/α,β-unsaturated/α-hetero) is 2. The molecule has 0 saturated carbocycles. The van der Waals surface area contributed by atoms with Gasteiger partial charge in [-0.3, -0.25) is 28.8 Å². The van der Waals surface area contributed by atoms with Crippen LogP contribution in [0.1, 0.15) is 73.6 Å². The molecule has 0 fully saturated rings. The van der Waals surface area contributed by atoms with Crippen molar-refractivity contribution in [3.8, 4) is 0 Å². The first kappa shape index (κ1) is 46.0. The topological polar surface area (TPSA) is 163 Å². The van der Waals surface area contributed by atoms with Crippen LogP contribution in [0.2, 0.25) is 0 Å². The molecule has 256 valence electrons. The van der Waals surface area contributed by atoms with E-state index in [-0.39, 0.29) is 60.2 Å². The molecule has 0 aliphatic rings. The number of thioether (sulfide) groups is 2. The van der Waals surface area contributed by atoms with E-state index in [1.165, 1.54) is 11.8 Å². The Bertz CT molecular complexity index is 843. The Kier molecular flexibility index (Phi) is 33.4. The van der Waals surface area contributed by atoms with Gasteiger partial charge in [-0.2, -0.15) is 23.5 Å². The molecule has 3 atom stereocenters. The summed E-state index contributed by atoms with van der Waals surface area (Å²) in [6, 6.07) is -0.303. The SMILES string of the molecule is C=COC(=O)CC.CCC(=O)OCCC(CSC[C@H](NC)C(C)=O)OC(=O)CC.CCC(=O)OCCSC[C@H](NC)C(C)=O. The van der Waals surface area contributed by atoms with Crippen LogP contribution in [-0.4, -0.2) is 104 Å². The fourth-order valence-corrected chi connectivity index (χ4v) is 4.95. The predicted molar refractivity (Wildman–Crippen MR) is 176 cm³/mol. The summed E-state index contributed by atoms with van der Waals surface area (Å²) >= 11 is 3.14. The first-order chi connectivity index (χ1) is 20.9. The van der Waals surface area contributed by atoms with Gasteiger partial charge in [0.15, 0.2) is 0 Å². The van der Waals surface area contributed by atoms with Crippen LogP contribution in [0.5, 0.6) is 0 Å². The standard InChI is InChI=1S/C15H27NO5S.C10H19NO3S.C5H8O2/c1-5-14(18)20-8-7-12(21-15(19)6-2)9-22-10-13(16-4)11(3)17;1-4-10(13)14-5-6-15-7-9(11-3)8(2)12;1-3-5(6)7-4-2/h12-13,16H,5-10H2,1-4H3;9,11H,4-7H2,1-3H3;4H,2-3H2,1H3/t12?,13-;9-;/m00./s1. The molecule has 1 unspecified atom stereocenters. The first-order valence-corrected chi connectivity index (χ1v) is 17.0. The maximum absolute atomic E-state index is 11.4. The van der Waals surface area contributed by atoms with Gasteiger partial charge in [-0.25, -0.2) is 0 Å². The molecule has 0 aromatic heterocycles. The van der Waals surface area contributed by atoms with Gasteiger partial charge in [0.05, 0.1) is 25.0 Å². The van der Waals surface area contributed by atoms with Crippen LogP contribution in [-0.2, 0) is 47.7 Å². The molecule has 0 aliphatic carbocycles. The summed E-state index contributed by atoms with van der Waals surface area (Å²) in [5, 5.41) is 5.88. The summed E-state index contributed by atoms with van der Waals surface area (Å²) in [7, 11) is 3.51. The lowest BCUT2D eigenvalue weighted by molar-refractivity contribution is -0.150. The monoisotopic (exact) mass is 666 g/mol. The molecular formula is C30H54N2O10S2. The zero-order chi connectivity index (χ0) is 34.3. The lowest BCUT2D eigenvalue weighted by Gasteiger charge is -2.19. The van der Waals surface area contributed by atoms with Gasteiger partial charge in [0.2, 0.25) is 0 Å². The van der Waals surface area contributed by atoms with Gasteiger partial charge in [-0.05, 0) is 27.9 Å². The zero-order valence-corrected chi connectivity index (χ0v) is 29.3. The van der Waals surface area contributed by atoms with Crippen molar-refractivity contribution in [2.75, 3.05) is 50.3 Å². The second kappa shape index (κ2) is 32.0. The number of nitrogens with one attached hydrogen (secondary N) is 2. The lowest BCUT2D eigenvalue weighted by atomic mass is 10.2. The van der Waals surface area contributed by atoms with E-state index >= 15 is 0 Å². The number of ether oxygens (including phenoxy) is 4. The Hall–Kier alpha value is -2.42. The van der Waals surface area contributed by atoms with Crippen LogP contribution in [0.15, 0.2) is 12.8 Å². The van der Waals surface area contributed by atoms with Crippen molar-refractivity contribution in [1.82, 2.24) is 10.6 Å². The number of hydrogen-bond acceptors (Lipinski definition) is 14. The molecule has 0 saturated heterocycles. The molecule has 0 spiro atoms. The lowest BCUT2D eigenvalue weighted by Crippen LogP contribution is -2.35. The van der Waals surface area contributed by atoms with E-state index in [2.05, 4.69) is 21.9 Å². The van der Waals surface area contributed by atoms with E-state index in [0.29, 0.717) is 50.2 Å². The maximum atomic E-state index is 11.4. The smallest absolute Gasteiger partial charge is 0.310 e. The summed E-state index contributed by atoms with van der Waals surface area (Å²) in [5.74, 6) is 1.89. The van der Waals surface area contributed by atoms with Crippen molar-refractivity contribution in [3.63, 3.8) is 0 Å². The molecule has 0 aromatic rings. The highest BCUT2D eigenvalue weighted by Gasteiger charge is 2.17. The average Bonchev–Trinajstić information content (AvgIpc) is 3.00. The minimum atomic E-state index is -0.313. The zero-order valence-electron chi connectivity index (χ0n) is 27.7. The molecule has 14 heteroatoms. The van der Waals surface area contributed by atoms with Crippen molar-refractivity contribution in [2.45, 2.75) is 91.8 Å². The molecule has 0 aromatic carbocycles. The third-order valence-corrected chi connectivity index (χ3v) is 7.61. The van der Waals surface area contributed by atoms with Crippen LogP contribution in [0, 0.1) is 0 Å². The van der Waals surface area contributed by atoms with Gasteiger partial charge in [-0.15, -0.1) is 0 Å². The van der Waals surface area contributed by atoms with Crippen molar-refractivity contribution >= 4 is 59.0 Å². The predicted octanol–water partition coefficient (Wildman–Crippen LogP) is 3.49. The molecule has 0 radical (unpaired) electrons. The van der Waals surface area contributed by atoms with E-state index in [1.807, 2.05) is 0 Å². The van der Waals surface area contributed by atoms with Crippen molar-refractivity contribution < 1.29 is 47.7 Å². The number of esters is 4. The van der Waals surface area contributed by atoms with Crippen LogP contribution in [0.4, 0.5) is 0 Å². The van der Waals surface area contributed by atoms with Crippen LogP contribution >= 0.6 is 23.5 Å². The van der Waals surface area contributed by atoms with E-state index < -0.39 is 0 Å². The minimum Gasteiger partial charge on any atom is -0.466 e. The molecule has 0 bridgehead atoms. The van der Waals surface area contributed by atoms with Gasteiger partial charge in [0.1, 0.15) is 24.3 Å². The molecule has 12 nitrogen and oxygen atoms in total. The van der Waals surface area contributed by atoms with Crippen LogP contribution in [0.3, 0.4) is 0 Å². The quantitative estimate of drug-likeness (QED) is 0.0747. The molecule has 0 rings (SSSR count). The maximum Gasteiger partial charge on any atom is 0.310 e. The normalized spacial score (nSPS) is 12.0. The summed E-state index contributed by atoms with van der Waals surface area (Å²) in [5.41, 5.74) is 0. The van der Waals surface area contributed by atoms with Crippen molar-refractivity contribution in [1.29, 1.82) is 0 Å². The van der Waals surface area contributed by atoms with E-state index in [9.17, 15) is 28.8 Å². The summed E-state index contributed by atoms with van der Waals surface area (Å²) in [6.45, 7) is 13.9. The highest BCUT2D eigenvalue weighted by molar-refractivity contribution is 7.99. The fraction of sp³-hybridized carbons (Fsp3) is 0.733. The summed E-state index contributed by atoms with van der Waals surface area (Å²) in [4.78, 5) is 65.8. The van der Waals surface area contributed by atoms with Crippen molar-refractivity contribution in [3.05, 3.63) is 12.8 Å². The fourth-order valence-electron chi connectivity index (χ4n) is 2.67. The van der Waals surface area contributed by atoms with Crippen LogP contribution < -0.4 is 10.6 Å². The molecule has 0 aliphatic heterocycles. The Morgan fingerprint density at radius 2 is 1.14 bits per heavy atom. The summed E-state index contributed by atoms with van der Waals surface area (Å²) in [6.07, 6.45) is 2.75. The largest absolute Gasteiger partial charge is 0.466 e. The molecule has 0 heterocycles. The Balaban J connectivity index is -0.000000656. The molecule has 44 heavy (non-hydrogen) atoms. The number of carbonyl (C=O) groups is 6. The van der Waals surface area contributed by atoms with Gasteiger partial charge >= 0.3 is 23.9 Å². The second-order valence-electron chi connectivity index (χ2n) is 8.93. The number of likely N-dealkylation sites (N-methyl/N-ethyl adjacent to an activating group) is 2. The van der Waals surface area contributed by atoms with E-state index in [1.54, 1.807) is 67.4 Å². The molecule has 2 N–H and O–H groups in total. The van der Waals surface area contributed by atoms with Crippen LogP contribution in [0.25, 0.3) is 0 Å². The molecular weight excluding hydrogens is 612 g/mol. The number of ketones is 2. The average molecular weight is 667 g/mol.